The van der Waals surface area contributed by atoms with Crippen LogP contribution in [0.5, 0.6) is 5.75 Å². The summed E-state index contributed by atoms with van der Waals surface area (Å²) in [6.45, 7) is 0.318. The number of hydrogen-bond donors (Lipinski definition) is 0. The van der Waals surface area contributed by atoms with Crippen LogP contribution in [0, 0.1) is 17.1 Å². The van der Waals surface area contributed by atoms with E-state index in [0.717, 1.165) is 42.4 Å². The number of ether oxygens (including phenoxy) is 1. The van der Waals surface area contributed by atoms with Crippen LogP contribution in [0.1, 0.15) is 46.5 Å². The van der Waals surface area contributed by atoms with Gasteiger partial charge in [0, 0.05) is 34.3 Å². The Bertz CT molecular complexity index is 1590. The van der Waals surface area contributed by atoms with Crippen LogP contribution >= 0.6 is 22.9 Å². The summed E-state index contributed by atoms with van der Waals surface area (Å²) >= 11 is 7.90. The van der Waals surface area contributed by atoms with Gasteiger partial charge in [0.25, 0.3) is 5.91 Å². The number of amides is 1. The summed E-state index contributed by atoms with van der Waals surface area (Å²) in [6.07, 6.45) is 3.68. The molecule has 5 rings (SSSR count). The molecule has 0 aliphatic heterocycles. The molecule has 5 nitrogen and oxygen atoms in total. The average Bonchev–Trinajstić information content (AvgIpc) is 3.32. The molecule has 0 radical (unpaired) electrons. The van der Waals surface area contributed by atoms with E-state index in [1.54, 1.807) is 25.3 Å². The molecule has 1 amide bonds. The monoisotopic (exact) mass is 575 g/mol. The van der Waals surface area contributed by atoms with Crippen LogP contribution in [0.3, 0.4) is 0 Å². The zero-order valence-electron chi connectivity index (χ0n) is 22.8. The Balaban J connectivity index is 1.54. The maximum atomic E-state index is 14.7. The van der Waals surface area contributed by atoms with E-state index in [-0.39, 0.29) is 17.0 Å². The van der Waals surface area contributed by atoms with Crippen molar-refractivity contribution in [2.24, 2.45) is 0 Å². The van der Waals surface area contributed by atoms with Gasteiger partial charge in [0.1, 0.15) is 16.4 Å². The van der Waals surface area contributed by atoms with Crippen LogP contribution < -0.4 is 4.74 Å². The molecule has 3 aromatic carbocycles. The highest BCUT2D eigenvalue weighted by atomic mass is 35.5. The molecular weight excluding hydrogens is 545 g/mol. The molecule has 0 unspecified atom stereocenters. The molecule has 206 valence electrons. The van der Waals surface area contributed by atoms with Gasteiger partial charge in [-0.2, -0.15) is 5.26 Å². The van der Waals surface area contributed by atoms with Gasteiger partial charge < -0.3 is 14.5 Å². The first kappa shape index (κ1) is 28.1. The number of hydrogen-bond acceptors (Lipinski definition) is 5. The van der Waals surface area contributed by atoms with Gasteiger partial charge in [-0.25, -0.2) is 4.39 Å². The smallest absolute Gasteiger partial charge is 0.266 e. The summed E-state index contributed by atoms with van der Waals surface area (Å²) in [6, 6.07) is 20.8. The van der Waals surface area contributed by atoms with E-state index >= 15 is 0 Å². The summed E-state index contributed by atoms with van der Waals surface area (Å²) in [5.74, 6) is 0.0519. The van der Waals surface area contributed by atoms with Crippen LogP contribution in [-0.4, -0.2) is 49.0 Å². The fourth-order valence-electron chi connectivity index (χ4n) is 5.63. The highest BCUT2D eigenvalue weighted by molar-refractivity contribution is 7.21. The zero-order valence-corrected chi connectivity index (χ0v) is 24.4. The first-order valence-corrected chi connectivity index (χ1v) is 14.5. The Kier molecular flexibility index (Phi) is 8.41. The molecule has 40 heavy (non-hydrogen) atoms. The van der Waals surface area contributed by atoms with Crippen molar-refractivity contribution in [2.45, 2.75) is 44.3 Å². The first-order valence-electron chi connectivity index (χ1n) is 13.3. The van der Waals surface area contributed by atoms with Crippen molar-refractivity contribution >= 4 is 38.9 Å². The second-order valence-corrected chi connectivity index (χ2v) is 11.9. The number of rotatable bonds is 7. The van der Waals surface area contributed by atoms with Gasteiger partial charge in [0.2, 0.25) is 0 Å². The molecule has 1 aliphatic rings. The molecule has 8 heteroatoms. The third-order valence-corrected chi connectivity index (χ3v) is 9.48. The lowest BCUT2D eigenvalue weighted by Gasteiger charge is -2.39. The van der Waals surface area contributed by atoms with Crippen molar-refractivity contribution in [1.82, 2.24) is 9.80 Å². The Labute approximate surface area is 243 Å². The quantitative estimate of drug-likeness (QED) is 0.226. The number of methoxy groups -OCH3 is 1. The van der Waals surface area contributed by atoms with Crippen LogP contribution in [0.25, 0.3) is 21.2 Å². The number of carbonyl (C=O) groups is 1. The highest BCUT2D eigenvalue weighted by Gasteiger charge is 2.33. The molecule has 1 aromatic heterocycles. The SMILES string of the molecule is COc1ccc(-c2cccc(C#N)c2)cc1CN(C(=O)c1sc2cccc(F)c2c1Cl)[C@H]1CC[C@H](N(C)C)CC1. The normalized spacial score (nSPS) is 17.1. The molecule has 0 N–H and O–H groups in total. The minimum atomic E-state index is -0.426. The molecule has 1 heterocycles. The van der Waals surface area contributed by atoms with Gasteiger partial charge >= 0.3 is 0 Å². The lowest BCUT2D eigenvalue weighted by atomic mass is 9.89. The molecule has 1 aliphatic carbocycles. The van der Waals surface area contributed by atoms with Crippen LogP contribution in [0.4, 0.5) is 4.39 Å². The third-order valence-electron chi connectivity index (χ3n) is 7.84. The first-order chi connectivity index (χ1) is 19.3. The Morgan fingerprint density at radius 1 is 1.05 bits per heavy atom. The van der Waals surface area contributed by atoms with Gasteiger partial charge in [-0.3, -0.25) is 4.79 Å². The molecule has 1 fully saturated rings. The van der Waals surface area contributed by atoms with Crippen molar-refractivity contribution in [3.63, 3.8) is 0 Å². The lowest BCUT2D eigenvalue weighted by molar-refractivity contribution is 0.0573. The summed E-state index contributed by atoms with van der Waals surface area (Å²) < 4.78 is 21.0. The van der Waals surface area contributed by atoms with Gasteiger partial charge in [0.15, 0.2) is 0 Å². The van der Waals surface area contributed by atoms with Gasteiger partial charge in [-0.15, -0.1) is 11.3 Å². The van der Waals surface area contributed by atoms with Gasteiger partial charge in [-0.05, 0) is 87.3 Å². The average molecular weight is 576 g/mol. The van der Waals surface area contributed by atoms with Gasteiger partial charge in [-0.1, -0.05) is 35.9 Å². The second-order valence-electron chi connectivity index (χ2n) is 10.4. The lowest BCUT2D eigenvalue weighted by Crippen LogP contribution is -2.44. The minimum absolute atomic E-state index is 0.00473. The predicted octanol–water partition coefficient (Wildman–Crippen LogP) is 7.76. The number of nitriles is 1. The number of fused-ring (bicyclic) bond motifs is 1. The number of halogens is 2. The molecule has 1 saturated carbocycles. The van der Waals surface area contributed by atoms with E-state index in [9.17, 15) is 14.4 Å². The summed E-state index contributed by atoms with van der Waals surface area (Å²) in [4.78, 5) is 18.7. The maximum Gasteiger partial charge on any atom is 0.266 e. The van der Waals surface area contributed by atoms with E-state index in [1.165, 1.54) is 17.4 Å². The van der Waals surface area contributed by atoms with Crippen molar-refractivity contribution in [2.75, 3.05) is 21.2 Å². The van der Waals surface area contributed by atoms with Crippen LogP contribution in [0.2, 0.25) is 5.02 Å². The van der Waals surface area contributed by atoms with E-state index in [4.69, 9.17) is 16.3 Å². The Morgan fingerprint density at radius 2 is 1.75 bits per heavy atom. The number of thiophene rings is 1. The minimum Gasteiger partial charge on any atom is -0.496 e. The summed E-state index contributed by atoms with van der Waals surface area (Å²) in [5, 5.41) is 9.84. The van der Waals surface area contributed by atoms with E-state index in [1.807, 2.05) is 41.3 Å². The molecule has 0 spiro atoms. The fraction of sp³-hybridized carbons (Fsp3) is 0.312. The molecule has 0 atom stereocenters. The van der Waals surface area contributed by atoms with Gasteiger partial charge in [0.05, 0.1) is 23.8 Å². The standard InChI is InChI=1S/C32H31ClFN3O2S/c1-36(2)24-11-13-25(14-12-24)37(32(38)31-30(33)29-26(34)8-5-9-28(29)40-31)19-23-17-22(10-15-27(23)39-3)21-7-4-6-20(16-21)18-35/h4-10,15-17,24-25H,11-14,19H2,1-3H3/t24-,25-. The van der Waals surface area contributed by atoms with E-state index < -0.39 is 5.82 Å². The van der Waals surface area contributed by atoms with Crippen LogP contribution in [-0.2, 0) is 6.54 Å². The number of benzene rings is 3. The largest absolute Gasteiger partial charge is 0.496 e. The van der Waals surface area contributed by atoms with Crippen LogP contribution in [0.15, 0.2) is 60.7 Å². The molecular formula is C32H31ClFN3O2S. The van der Waals surface area contributed by atoms with Crippen molar-refractivity contribution < 1.29 is 13.9 Å². The molecule has 4 aromatic rings. The van der Waals surface area contributed by atoms with E-state index in [0.29, 0.717) is 38.9 Å². The highest BCUT2D eigenvalue weighted by Crippen LogP contribution is 2.39. The number of carbonyl (C=O) groups excluding carboxylic acids is 1. The van der Waals surface area contributed by atoms with Crippen molar-refractivity contribution in [3.05, 3.63) is 87.5 Å². The molecule has 0 bridgehead atoms. The Hall–Kier alpha value is -3.44. The fourth-order valence-corrected chi connectivity index (χ4v) is 7.13. The van der Waals surface area contributed by atoms with Crippen molar-refractivity contribution in [1.29, 1.82) is 5.26 Å². The molecule has 0 saturated heterocycles. The Morgan fingerprint density at radius 3 is 2.42 bits per heavy atom. The summed E-state index contributed by atoms with van der Waals surface area (Å²) in [5.41, 5.74) is 3.28. The topological polar surface area (TPSA) is 56.6 Å². The number of nitrogens with zero attached hydrogens (tertiary/aromatic N) is 3. The maximum absolute atomic E-state index is 14.7. The van der Waals surface area contributed by atoms with E-state index in [2.05, 4.69) is 25.1 Å². The predicted molar refractivity (Wildman–Crippen MR) is 160 cm³/mol. The summed E-state index contributed by atoms with van der Waals surface area (Å²) in [7, 11) is 5.81. The third kappa shape index (κ3) is 5.57. The van der Waals surface area contributed by atoms with Crippen molar-refractivity contribution in [3.8, 4) is 22.9 Å². The zero-order chi connectivity index (χ0) is 28.4. The second kappa shape index (κ2) is 12.0.